The zero-order valence-corrected chi connectivity index (χ0v) is 19.8. The lowest BCUT2D eigenvalue weighted by atomic mass is 10.1. The average Bonchev–Trinajstić information content (AvgIpc) is 3.33. The molecule has 2 heterocycles. The molecule has 176 valence electrons. The summed E-state index contributed by atoms with van der Waals surface area (Å²) in [6, 6.07) is 16.6. The van der Waals surface area contributed by atoms with Crippen molar-refractivity contribution < 1.29 is 9.53 Å². The van der Waals surface area contributed by atoms with E-state index in [2.05, 4.69) is 36.9 Å². The highest BCUT2D eigenvalue weighted by Crippen LogP contribution is 2.21. The molecular formula is C24H27N7O2S. The lowest BCUT2D eigenvalue weighted by molar-refractivity contribution is 0.240. The first kappa shape index (κ1) is 23.5. The second-order valence-corrected chi connectivity index (χ2v) is 8.65. The van der Waals surface area contributed by atoms with E-state index in [9.17, 15) is 4.79 Å². The van der Waals surface area contributed by atoms with Crippen molar-refractivity contribution in [3.05, 3.63) is 65.5 Å². The van der Waals surface area contributed by atoms with Crippen LogP contribution in [0.15, 0.2) is 48.5 Å². The van der Waals surface area contributed by atoms with Crippen molar-refractivity contribution >= 4 is 28.4 Å². The standard InChI is InChI=1S/C24H27N7O2S/c1-33-21-4-2-3-19(15-21)16-22-28-24(34-29-22)31-13-11-30(12-14-31)10-9-26-23(32)27-20-7-5-18(17-25)6-8-20/h2-8,15H,9-14,16H2,1H3,(H2,26,27,32). The normalized spacial score (nSPS) is 13.8. The lowest BCUT2D eigenvalue weighted by Crippen LogP contribution is -2.48. The Morgan fingerprint density at radius 1 is 1.18 bits per heavy atom. The first-order chi connectivity index (χ1) is 16.6. The molecule has 1 fully saturated rings. The van der Waals surface area contributed by atoms with Gasteiger partial charge in [0.15, 0.2) is 0 Å². The van der Waals surface area contributed by atoms with Crippen LogP contribution in [-0.2, 0) is 6.42 Å². The van der Waals surface area contributed by atoms with Crippen LogP contribution >= 0.6 is 11.5 Å². The van der Waals surface area contributed by atoms with Gasteiger partial charge in [0.25, 0.3) is 0 Å². The van der Waals surface area contributed by atoms with Gasteiger partial charge in [-0.25, -0.2) is 9.78 Å². The highest BCUT2D eigenvalue weighted by atomic mass is 32.1. The van der Waals surface area contributed by atoms with Crippen LogP contribution in [-0.4, -0.2) is 66.7 Å². The Kier molecular flexibility index (Phi) is 7.91. The van der Waals surface area contributed by atoms with Crippen LogP contribution in [0.1, 0.15) is 17.0 Å². The van der Waals surface area contributed by atoms with E-state index in [1.165, 1.54) is 11.5 Å². The van der Waals surface area contributed by atoms with E-state index in [1.54, 1.807) is 31.4 Å². The lowest BCUT2D eigenvalue weighted by Gasteiger charge is -2.34. The predicted octanol–water partition coefficient (Wildman–Crippen LogP) is 2.95. The van der Waals surface area contributed by atoms with Crippen LogP contribution in [0.5, 0.6) is 5.75 Å². The second-order valence-electron chi connectivity index (χ2n) is 7.92. The summed E-state index contributed by atoms with van der Waals surface area (Å²) < 4.78 is 9.83. The van der Waals surface area contributed by atoms with Gasteiger partial charge in [-0.2, -0.15) is 9.64 Å². The summed E-state index contributed by atoms with van der Waals surface area (Å²) >= 11 is 1.44. The second kappa shape index (κ2) is 11.4. The fourth-order valence-corrected chi connectivity index (χ4v) is 4.44. The van der Waals surface area contributed by atoms with Crippen molar-refractivity contribution in [1.29, 1.82) is 5.26 Å². The van der Waals surface area contributed by atoms with Crippen LogP contribution in [0.4, 0.5) is 15.6 Å². The zero-order chi connectivity index (χ0) is 23.8. The summed E-state index contributed by atoms with van der Waals surface area (Å²) in [6.07, 6.45) is 0.684. The molecule has 2 amide bonds. The van der Waals surface area contributed by atoms with Crippen molar-refractivity contribution in [3.63, 3.8) is 0 Å². The van der Waals surface area contributed by atoms with E-state index in [0.29, 0.717) is 24.2 Å². The van der Waals surface area contributed by atoms with Gasteiger partial charge < -0.3 is 20.3 Å². The molecule has 0 atom stereocenters. The molecule has 1 aliphatic heterocycles. The number of nitrogens with zero attached hydrogens (tertiary/aromatic N) is 5. The molecule has 1 saturated heterocycles. The third kappa shape index (κ3) is 6.43. The minimum absolute atomic E-state index is 0.249. The number of piperazine rings is 1. The Balaban J connectivity index is 1.17. The number of rotatable bonds is 8. The first-order valence-electron chi connectivity index (χ1n) is 11.1. The maximum atomic E-state index is 12.1. The Morgan fingerprint density at radius 3 is 2.71 bits per heavy atom. The molecule has 0 saturated carbocycles. The minimum atomic E-state index is -0.249. The summed E-state index contributed by atoms with van der Waals surface area (Å²) in [5, 5.41) is 15.5. The van der Waals surface area contributed by atoms with Crippen LogP contribution in [0.25, 0.3) is 0 Å². The van der Waals surface area contributed by atoms with Gasteiger partial charge in [0.1, 0.15) is 11.6 Å². The van der Waals surface area contributed by atoms with Gasteiger partial charge in [-0.05, 0) is 42.0 Å². The monoisotopic (exact) mass is 477 g/mol. The molecular weight excluding hydrogens is 450 g/mol. The number of ether oxygens (including phenoxy) is 1. The zero-order valence-electron chi connectivity index (χ0n) is 19.0. The minimum Gasteiger partial charge on any atom is -0.497 e. The van der Waals surface area contributed by atoms with Crippen molar-refractivity contribution in [2.45, 2.75) is 6.42 Å². The molecule has 34 heavy (non-hydrogen) atoms. The Hall–Kier alpha value is -3.68. The summed E-state index contributed by atoms with van der Waals surface area (Å²) in [5.41, 5.74) is 2.35. The molecule has 0 unspecified atom stereocenters. The van der Waals surface area contributed by atoms with Crippen molar-refractivity contribution in [2.75, 3.05) is 56.6 Å². The summed E-state index contributed by atoms with van der Waals surface area (Å²) in [5.74, 6) is 1.67. The molecule has 0 spiro atoms. The van der Waals surface area contributed by atoms with E-state index in [1.807, 2.05) is 18.2 Å². The van der Waals surface area contributed by atoms with Gasteiger partial charge in [-0.1, -0.05) is 12.1 Å². The van der Waals surface area contributed by atoms with Gasteiger partial charge >= 0.3 is 6.03 Å². The molecule has 2 N–H and O–H groups in total. The number of hydrogen-bond donors (Lipinski definition) is 2. The molecule has 4 rings (SSSR count). The molecule has 9 nitrogen and oxygen atoms in total. The quantitative estimate of drug-likeness (QED) is 0.514. The number of methoxy groups -OCH3 is 1. The highest BCUT2D eigenvalue weighted by Gasteiger charge is 2.20. The Labute approximate surface area is 203 Å². The predicted molar refractivity (Wildman–Crippen MR) is 133 cm³/mol. The molecule has 0 aliphatic carbocycles. The number of amides is 2. The van der Waals surface area contributed by atoms with Crippen molar-refractivity contribution in [3.8, 4) is 11.8 Å². The number of nitrogens with one attached hydrogen (secondary N) is 2. The van der Waals surface area contributed by atoms with Crippen LogP contribution in [0, 0.1) is 11.3 Å². The van der Waals surface area contributed by atoms with E-state index >= 15 is 0 Å². The largest absolute Gasteiger partial charge is 0.497 e. The smallest absolute Gasteiger partial charge is 0.319 e. The van der Waals surface area contributed by atoms with Crippen LogP contribution < -0.4 is 20.3 Å². The summed E-state index contributed by atoms with van der Waals surface area (Å²) in [7, 11) is 1.67. The number of hydrogen-bond acceptors (Lipinski definition) is 8. The number of urea groups is 1. The summed E-state index contributed by atoms with van der Waals surface area (Å²) in [6.45, 7) is 4.92. The fourth-order valence-electron chi connectivity index (χ4n) is 3.70. The van der Waals surface area contributed by atoms with Gasteiger partial charge in [0.2, 0.25) is 5.13 Å². The van der Waals surface area contributed by atoms with E-state index < -0.39 is 0 Å². The molecule has 0 radical (unpaired) electrons. The van der Waals surface area contributed by atoms with Gasteiger partial charge in [0, 0.05) is 62.9 Å². The van der Waals surface area contributed by atoms with Crippen molar-refractivity contribution in [1.82, 2.24) is 19.6 Å². The van der Waals surface area contributed by atoms with E-state index in [0.717, 1.165) is 55.0 Å². The van der Waals surface area contributed by atoms with Crippen LogP contribution in [0.2, 0.25) is 0 Å². The SMILES string of the molecule is COc1cccc(Cc2nsc(N3CCN(CCNC(=O)Nc4ccc(C#N)cc4)CC3)n2)c1. The van der Waals surface area contributed by atoms with E-state index in [4.69, 9.17) is 15.0 Å². The number of anilines is 2. The van der Waals surface area contributed by atoms with Crippen molar-refractivity contribution in [2.24, 2.45) is 0 Å². The molecule has 1 aliphatic rings. The number of benzene rings is 2. The molecule has 0 bridgehead atoms. The van der Waals surface area contributed by atoms with Gasteiger partial charge in [-0.15, -0.1) is 0 Å². The van der Waals surface area contributed by atoms with Gasteiger partial charge in [-0.3, -0.25) is 4.90 Å². The number of carbonyl (C=O) groups is 1. The number of carbonyl (C=O) groups excluding carboxylic acids is 1. The molecule has 10 heteroatoms. The molecule has 1 aromatic heterocycles. The van der Waals surface area contributed by atoms with E-state index in [-0.39, 0.29) is 6.03 Å². The first-order valence-corrected chi connectivity index (χ1v) is 11.9. The number of nitriles is 1. The number of aromatic nitrogens is 2. The van der Waals surface area contributed by atoms with Gasteiger partial charge in [0.05, 0.1) is 18.7 Å². The maximum Gasteiger partial charge on any atom is 0.319 e. The third-order valence-corrected chi connectivity index (χ3v) is 6.40. The average molecular weight is 478 g/mol. The Bertz CT molecular complexity index is 1130. The molecule has 2 aromatic carbocycles. The highest BCUT2D eigenvalue weighted by molar-refractivity contribution is 7.09. The third-order valence-electron chi connectivity index (χ3n) is 5.58. The summed E-state index contributed by atoms with van der Waals surface area (Å²) in [4.78, 5) is 21.4. The topological polar surface area (TPSA) is 106 Å². The fraction of sp³-hybridized carbons (Fsp3) is 0.333. The Morgan fingerprint density at radius 2 is 1.97 bits per heavy atom. The van der Waals surface area contributed by atoms with Crippen LogP contribution in [0.3, 0.4) is 0 Å². The maximum absolute atomic E-state index is 12.1. The molecule has 3 aromatic rings.